The van der Waals surface area contributed by atoms with Crippen LogP contribution < -0.4 is 5.32 Å². The quantitative estimate of drug-likeness (QED) is 0.460. The van der Waals surface area contributed by atoms with E-state index in [0.717, 1.165) is 0 Å². The molecule has 10 nitrogen and oxygen atoms in total. The van der Waals surface area contributed by atoms with Gasteiger partial charge in [0.1, 0.15) is 11.9 Å². The van der Waals surface area contributed by atoms with Crippen LogP contribution in [0.2, 0.25) is 5.02 Å². The molecule has 1 aromatic carbocycles. The van der Waals surface area contributed by atoms with Gasteiger partial charge in [-0.3, -0.25) is 14.7 Å². The first-order chi connectivity index (χ1) is 18.2. The molecule has 1 unspecified atom stereocenters. The van der Waals surface area contributed by atoms with E-state index in [1.54, 1.807) is 30.8 Å². The van der Waals surface area contributed by atoms with Crippen molar-refractivity contribution >= 4 is 29.4 Å². The summed E-state index contributed by atoms with van der Waals surface area (Å²) in [7, 11) is 1.82. The highest BCUT2D eigenvalue weighted by Crippen LogP contribution is 2.37. The summed E-state index contributed by atoms with van der Waals surface area (Å²) in [5.41, 5.74) is 1.21. The predicted molar refractivity (Wildman–Crippen MR) is 138 cm³/mol. The molecule has 1 aromatic heterocycles. The number of carbonyl (C=O) groups is 2. The van der Waals surface area contributed by atoms with Crippen molar-refractivity contribution in [2.75, 3.05) is 32.9 Å². The molecule has 2 N–H and O–H groups in total. The molecule has 2 aromatic rings. The second-order valence-electron chi connectivity index (χ2n) is 9.32. The molecule has 4 rings (SSSR count). The van der Waals surface area contributed by atoms with Gasteiger partial charge in [-0.2, -0.15) is 0 Å². The number of aliphatic imine (C=N–C) groups is 1. The number of hydrogen-bond acceptors (Lipinski definition) is 8. The van der Waals surface area contributed by atoms with Gasteiger partial charge >= 0.3 is 11.9 Å². The van der Waals surface area contributed by atoms with E-state index >= 15 is 0 Å². The Morgan fingerprint density at radius 1 is 1.39 bits per heavy atom. The lowest BCUT2D eigenvalue weighted by molar-refractivity contribution is -0.142. The summed E-state index contributed by atoms with van der Waals surface area (Å²) in [6.07, 6.45) is 3.79. The maximum absolute atomic E-state index is 13.9. The van der Waals surface area contributed by atoms with Gasteiger partial charge in [-0.25, -0.2) is 14.2 Å². The third-order valence-electron chi connectivity index (χ3n) is 6.67. The molecule has 0 saturated carbocycles. The summed E-state index contributed by atoms with van der Waals surface area (Å²) in [5, 5.41) is 12.9. The number of aryl methyl sites for hydroxylation is 1. The summed E-state index contributed by atoms with van der Waals surface area (Å²) in [5.74, 6) is -1.59. The smallest absolute Gasteiger partial charge is 0.338 e. The lowest BCUT2D eigenvalue weighted by Gasteiger charge is -2.38. The molecule has 0 bridgehead atoms. The fourth-order valence-corrected chi connectivity index (χ4v) is 4.92. The summed E-state index contributed by atoms with van der Waals surface area (Å²) in [6, 6.07) is 2.89. The van der Waals surface area contributed by atoms with Crippen molar-refractivity contribution in [3.8, 4) is 0 Å². The molecule has 0 spiro atoms. The minimum atomic E-state index is -0.887. The average molecular weight is 548 g/mol. The van der Waals surface area contributed by atoms with E-state index in [1.165, 1.54) is 18.2 Å². The van der Waals surface area contributed by atoms with Crippen LogP contribution in [0, 0.1) is 11.7 Å². The lowest BCUT2D eigenvalue weighted by atomic mass is 9.94. The monoisotopic (exact) mass is 547 g/mol. The first kappa shape index (κ1) is 27.7. The van der Waals surface area contributed by atoms with E-state index in [4.69, 9.17) is 26.1 Å². The number of morpholine rings is 1. The number of aromatic nitrogens is 2. The molecular weight excluding hydrogens is 517 g/mol. The van der Waals surface area contributed by atoms with E-state index < -0.39 is 29.7 Å². The molecule has 204 valence electrons. The summed E-state index contributed by atoms with van der Waals surface area (Å²) >= 11 is 6.46. The Labute approximate surface area is 225 Å². The van der Waals surface area contributed by atoms with Gasteiger partial charge in [-0.05, 0) is 25.5 Å². The van der Waals surface area contributed by atoms with Crippen LogP contribution in [0.3, 0.4) is 0 Å². The van der Waals surface area contributed by atoms with Gasteiger partial charge in [-0.15, -0.1) is 0 Å². The Kier molecular flexibility index (Phi) is 8.80. The van der Waals surface area contributed by atoms with Crippen LogP contribution in [0.25, 0.3) is 0 Å². The standard InChI is InChI=1S/C26H31ClFN5O5/c1-4-38-26(36)21-20(13-33-9-10-37-14-17(33)11-15(2)25(34)35)30-23(24-29-7-8-32(24)3)31-22(21)18-6-5-16(28)12-19(18)27/h5-8,12,15,17,22H,4,9-11,13-14H2,1-3H3,(H,30,31)(H,34,35)/t15?,17-,22+/m1/s1. The Balaban J connectivity index is 1.80. The van der Waals surface area contributed by atoms with Crippen molar-refractivity contribution in [3.05, 3.63) is 64.1 Å². The number of carbonyl (C=O) groups excluding carboxylic acids is 1. The highest BCUT2D eigenvalue weighted by atomic mass is 35.5. The van der Waals surface area contributed by atoms with Gasteiger partial charge in [-0.1, -0.05) is 24.6 Å². The molecule has 0 aliphatic carbocycles. The number of amidine groups is 1. The minimum Gasteiger partial charge on any atom is -0.481 e. The van der Waals surface area contributed by atoms with Crippen LogP contribution in [0.1, 0.15) is 37.7 Å². The Morgan fingerprint density at radius 2 is 2.18 bits per heavy atom. The van der Waals surface area contributed by atoms with Crippen molar-refractivity contribution < 1.29 is 28.6 Å². The van der Waals surface area contributed by atoms with Crippen molar-refractivity contribution in [2.45, 2.75) is 32.4 Å². The SMILES string of the molecule is CCOC(=O)C1=C(CN2CCOC[C@H]2CC(C)C(=O)O)NC(c2nccn2C)=N[C@H]1c1ccc(F)cc1Cl. The van der Waals surface area contributed by atoms with Crippen LogP contribution in [0.15, 0.2) is 46.9 Å². The third kappa shape index (κ3) is 6.06. The third-order valence-corrected chi connectivity index (χ3v) is 7.00. The Bertz CT molecular complexity index is 1260. The molecule has 1 fully saturated rings. The number of esters is 1. The van der Waals surface area contributed by atoms with E-state index in [9.17, 15) is 19.1 Å². The van der Waals surface area contributed by atoms with Gasteiger partial charge in [0.15, 0.2) is 11.7 Å². The fraction of sp³-hybridized carbons (Fsp3) is 0.462. The van der Waals surface area contributed by atoms with Gasteiger partial charge < -0.3 is 24.5 Å². The van der Waals surface area contributed by atoms with Gasteiger partial charge in [0.05, 0.1) is 31.3 Å². The summed E-state index contributed by atoms with van der Waals surface area (Å²) < 4.78 is 26.8. The number of hydrogen-bond donors (Lipinski definition) is 2. The second-order valence-corrected chi connectivity index (χ2v) is 9.73. The van der Waals surface area contributed by atoms with E-state index in [2.05, 4.69) is 15.2 Å². The highest BCUT2D eigenvalue weighted by Gasteiger charge is 2.36. The molecule has 0 radical (unpaired) electrons. The number of nitrogens with zero attached hydrogens (tertiary/aromatic N) is 4. The van der Waals surface area contributed by atoms with Crippen LogP contribution in [0.5, 0.6) is 0 Å². The van der Waals surface area contributed by atoms with Crippen molar-refractivity contribution in [1.82, 2.24) is 19.8 Å². The van der Waals surface area contributed by atoms with Gasteiger partial charge in [0, 0.05) is 54.9 Å². The summed E-state index contributed by atoms with van der Waals surface area (Å²) in [4.78, 5) is 36.2. The number of halogens is 2. The van der Waals surface area contributed by atoms with E-state index in [0.29, 0.717) is 49.1 Å². The van der Waals surface area contributed by atoms with Gasteiger partial charge in [0.2, 0.25) is 0 Å². The number of rotatable bonds is 9. The molecular formula is C26H31ClFN5O5. The zero-order valence-electron chi connectivity index (χ0n) is 21.5. The summed E-state index contributed by atoms with van der Waals surface area (Å²) in [6.45, 7) is 5.16. The molecule has 38 heavy (non-hydrogen) atoms. The van der Waals surface area contributed by atoms with Crippen LogP contribution in [-0.4, -0.2) is 76.3 Å². The molecule has 1 saturated heterocycles. The molecule has 2 aliphatic heterocycles. The topological polar surface area (TPSA) is 118 Å². The number of imidazole rings is 1. The molecule has 12 heteroatoms. The van der Waals surface area contributed by atoms with E-state index in [-0.39, 0.29) is 29.8 Å². The zero-order valence-corrected chi connectivity index (χ0v) is 22.2. The van der Waals surface area contributed by atoms with Crippen LogP contribution in [-0.2, 0) is 26.1 Å². The molecule has 2 aliphatic rings. The number of nitrogens with one attached hydrogen (secondary N) is 1. The van der Waals surface area contributed by atoms with Crippen LogP contribution in [0.4, 0.5) is 4.39 Å². The Morgan fingerprint density at radius 3 is 2.84 bits per heavy atom. The number of carboxylic acids is 1. The second kappa shape index (κ2) is 12.1. The maximum atomic E-state index is 13.9. The normalized spacial score (nSPS) is 21.0. The largest absolute Gasteiger partial charge is 0.481 e. The number of ether oxygens (including phenoxy) is 2. The van der Waals surface area contributed by atoms with Gasteiger partial charge in [0.25, 0.3) is 0 Å². The maximum Gasteiger partial charge on any atom is 0.338 e. The van der Waals surface area contributed by atoms with Crippen molar-refractivity contribution in [1.29, 1.82) is 0 Å². The van der Waals surface area contributed by atoms with Crippen LogP contribution >= 0.6 is 11.6 Å². The zero-order chi connectivity index (χ0) is 27.4. The highest BCUT2D eigenvalue weighted by molar-refractivity contribution is 6.31. The average Bonchev–Trinajstić information content (AvgIpc) is 3.30. The van der Waals surface area contributed by atoms with Crippen molar-refractivity contribution in [2.24, 2.45) is 18.0 Å². The number of benzene rings is 1. The molecule has 3 atom stereocenters. The first-order valence-electron chi connectivity index (χ1n) is 12.4. The molecule has 0 amide bonds. The fourth-order valence-electron chi connectivity index (χ4n) is 4.65. The predicted octanol–water partition coefficient (Wildman–Crippen LogP) is 2.93. The first-order valence-corrected chi connectivity index (χ1v) is 12.8. The Hall–Kier alpha value is -3.28. The van der Waals surface area contributed by atoms with Crippen molar-refractivity contribution in [3.63, 3.8) is 0 Å². The lowest BCUT2D eigenvalue weighted by Crippen LogP contribution is -2.50. The number of carboxylic acid groups (broad SMARTS) is 1. The molecule has 3 heterocycles. The minimum absolute atomic E-state index is 0.125. The number of aliphatic carboxylic acids is 1. The van der Waals surface area contributed by atoms with E-state index in [1.807, 2.05) is 7.05 Å².